The average Bonchev–Trinajstić information content (AvgIpc) is 3.36. The van der Waals surface area contributed by atoms with Crippen molar-refractivity contribution in [3.63, 3.8) is 0 Å². The summed E-state index contributed by atoms with van der Waals surface area (Å²) >= 11 is 0. The minimum Gasteiger partial charge on any atom is -0.487 e. The first-order valence-corrected chi connectivity index (χ1v) is 11.4. The number of nitrogens with zero attached hydrogens (tertiary/aromatic N) is 3. The summed E-state index contributed by atoms with van der Waals surface area (Å²) in [5, 5.41) is 0. The molecule has 0 bridgehead atoms. The maximum atomic E-state index is 12.4. The van der Waals surface area contributed by atoms with Crippen molar-refractivity contribution < 1.29 is 19.0 Å². The van der Waals surface area contributed by atoms with Crippen LogP contribution in [0.25, 0.3) is 5.69 Å². The molecule has 172 valence electrons. The van der Waals surface area contributed by atoms with E-state index in [1.807, 2.05) is 41.2 Å². The summed E-state index contributed by atoms with van der Waals surface area (Å²) in [7, 11) is 1.41. The van der Waals surface area contributed by atoms with Crippen LogP contribution in [0.5, 0.6) is 5.75 Å². The molecule has 2 saturated heterocycles. The summed E-state index contributed by atoms with van der Waals surface area (Å²) in [6.45, 7) is 6.06. The van der Waals surface area contributed by atoms with Crippen molar-refractivity contribution in [2.24, 2.45) is 0 Å². The Kier molecular flexibility index (Phi) is 6.32. The molecule has 1 aromatic heterocycles. The van der Waals surface area contributed by atoms with Gasteiger partial charge in [0, 0.05) is 32.0 Å². The van der Waals surface area contributed by atoms with Crippen molar-refractivity contribution in [3.05, 3.63) is 78.1 Å². The fraction of sp³-hybridized carbons (Fsp3) is 0.346. The fourth-order valence-corrected chi connectivity index (χ4v) is 4.41. The minimum absolute atomic E-state index is 0.106. The lowest BCUT2D eigenvalue weighted by Gasteiger charge is -2.41. The number of carbonyl (C=O) groups excluding carboxylic acids is 1. The molecule has 2 fully saturated rings. The van der Waals surface area contributed by atoms with Crippen molar-refractivity contribution in [2.75, 3.05) is 51.4 Å². The van der Waals surface area contributed by atoms with Gasteiger partial charge in [-0.2, -0.15) is 0 Å². The Labute approximate surface area is 194 Å². The lowest BCUT2D eigenvalue weighted by Crippen LogP contribution is -2.54. The van der Waals surface area contributed by atoms with E-state index in [2.05, 4.69) is 34.1 Å². The molecule has 5 rings (SSSR count). The smallest absolute Gasteiger partial charge is 0.340 e. The van der Waals surface area contributed by atoms with Gasteiger partial charge in [0.15, 0.2) is 0 Å². The highest BCUT2D eigenvalue weighted by molar-refractivity contribution is 5.96. The van der Waals surface area contributed by atoms with Crippen LogP contribution >= 0.6 is 0 Å². The highest BCUT2D eigenvalue weighted by Crippen LogP contribution is 2.33. The van der Waals surface area contributed by atoms with Gasteiger partial charge < -0.3 is 23.7 Å². The van der Waals surface area contributed by atoms with Crippen molar-refractivity contribution >= 4 is 11.7 Å². The number of hydrogen-bond acceptors (Lipinski definition) is 6. The maximum Gasteiger partial charge on any atom is 0.340 e. The SMILES string of the molecule is COC(=O)c1cccc(N2CC(Oc3ccc(CN4CCOCC4)cc3)C2)c1-n1cccc1. The molecule has 3 heterocycles. The third kappa shape index (κ3) is 4.74. The van der Waals surface area contributed by atoms with Gasteiger partial charge in [-0.15, -0.1) is 0 Å². The molecule has 33 heavy (non-hydrogen) atoms. The van der Waals surface area contributed by atoms with Gasteiger partial charge in [0.25, 0.3) is 0 Å². The summed E-state index contributed by atoms with van der Waals surface area (Å²) < 4.78 is 18.6. The predicted molar refractivity (Wildman–Crippen MR) is 126 cm³/mol. The average molecular weight is 448 g/mol. The highest BCUT2D eigenvalue weighted by atomic mass is 16.5. The van der Waals surface area contributed by atoms with Crippen molar-refractivity contribution in [1.82, 2.24) is 9.47 Å². The van der Waals surface area contributed by atoms with E-state index in [-0.39, 0.29) is 12.1 Å². The van der Waals surface area contributed by atoms with Gasteiger partial charge in [-0.3, -0.25) is 4.90 Å². The number of esters is 1. The van der Waals surface area contributed by atoms with Gasteiger partial charge in [0.2, 0.25) is 0 Å². The first kappa shape index (κ1) is 21.6. The fourth-order valence-electron chi connectivity index (χ4n) is 4.41. The number of benzene rings is 2. The summed E-state index contributed by atoms with van der Waals surface area (Å²) in [5.74, 6) is 0.547. The largest absolute Gasteiger partial charge is 0.487 e. The topological polar surface area (TPSA) is 56.2 Å². The van der Waals surface area contributed by atoms with Crippen molar-refractivity contribution in [3.8, 4) is 11.4 Å². The number of methoxy groups -OCH3 is 1. The number of rotatable bonds is 7. The zero-order valence-electron chi connectivity index (χ0n) is 18.9. The van der Waals surface area contributed by atoms with Gasteiger partial charge >= 0.3 is 5.97 Å². The summed E-state index contributed by atoms with van der Waals surface area (Å²) in [5.41, 5.74) is 3.66. The van der Waals surface area contributed by atoms with Crippen LogP contribution in [-0.4, -0.2) is 68.0 Å². The van der Waals surface area contributed by atoms with Crippen molar-refractivity contribution in [1.29, 1.82) is 0 Å². The lowest BCUT2D eigenvalue weighted by molar-refractivity contribution is 0.0342. The first-order valence-electron chi connectivity index (χ1n) is 11.4. The molecule has 0 atom stereocenters. The van der Waals surface area contributed by atoms with Crippen LogP contribution in [0.15, 0.2) is 67.0 Å². The number of morpholine rings is 1. The molecular formula is C26H29N3O4. The number of ether oxygens (including phenoxy) is 3. The molecule has 0 unspecified atom stereocenters. The number of anilines is 1. The third-order valence-corrected chi connectivity index (χ3v) is 6.21. The summed E-state index contributed by atoms with van der Waals surface area (Å²) in [6.07, 6.45) is 3.99. The van der Waals surface area contributed by atoms with Gasteiger partial charge in [0.05, 0.1) is 50.4 Å². The molecule has 2 aromatic carbocycles. The molecule has 0 amide bonds. The standard InChI is InChI=1S/C26H29N3O4/c1-31-26(30)23-5-4-6-24(25(23)28-11-2-3-12-28)29-18-22(19-29)33-21-9-7-20(8-10-21)17-27-13-15-32-16-14-27/h2-12,22H,13-19H2,1H3. The van der Waals surface area contributed by atoms with Crippen LogP contribution in [0.1, 0.15) is 15.9 Å². The maximum absolute atomic E-state index is 12.4. The number of hydrogen-bond donors (Lipinski definition) is 0. The van der Waals surface area contributed by atoms with E-state index in [9.17, 15) is 4.79 Å². The van der Waals surface area contributed by atoms with E-state index < -0.39 is 0 Å². The van der Waals surface area contributed by atoms with E-state index in [0.29, 0.717) is 5.56 Å². The second-order valence-electron chi connectivity index (χ2n) is 8.43. The van der Waals surface area contributed by atoms with E-state index in [4.69, 9.17) is 14.2 Å². The number of carbonyl (C=O) groups is 1. The normalized spacial score (nSPS) is 16.9. The Morgan fingerprint density at radius 3 is 2.42 bits per heavy atom. The molecule has 2 aliphatic heterocycles. The Bertz CT molecular complexity index is 1070. The predicted octanol–water partition coefficient (Wildman–Crippen LogP) is 3.36. The number of para-hydroxylation sites is 1. The monoisotopic (exact) mass is 447 g/mol. The Morgan fingerprint density at radius 1 is 1.00 bits per heavy atom. The van der Waals surface area contributed by atoms with Gasteiger partial charge in [-0.1, -0.05) is 18.2 Å². The quantitative estimate of drug-likeness (QED) is 0.518. The number of aromatic nitrogens is 1. The van der Waals surface area contributed by atoms with Crippen LogP contribution < -0.4 is 9.64 Å². The Balaban J connectivity index is 1.23. The van der Waals surface area contributed by atoms with Crippen molar-refractivity contribution in [2.45, 2.75) is 12.6 Å². The van der Waals surface area contributed by atoms with Crippen LogP contribution in [0.4, 0.5) is 5.69 Å². The second-order valence-corrected chi connectivity index (χ2v) is 8.43. The van der Waals surface area contributed by atoms with Crippen LogP contribution in [0.3, 0.4) is 0 Å². The van der Waals surface area contributed by atoms with Gasteiger partial charge in [-0.25, -0.2) is 4.79 Å². The summed E-state index contributed by atoms with van der Waals surface area (Å²) in [4.78, 5) is 17.0. The van der Waals surface area contributed by atoms with Crippen LogP contribution in [0, 0.1) is 0 Å². The molecule has 2 aliphatic rings. The first-order chi connectivity index (χ1) is 16.2. The zero-order chi connectivity index (χ0) is 22.6. The molecule has 3 aromatic rings. The molecule has 7 nitrogen and oxygen atoms in total. The van der Waals surface area contributed by atoms with Gasteiger partial charge in [0.1, 0.15) is 11.9 Å². The molecular weight excluding hydrogens is 418 g/mol. The highest BCUT2D eigenvalue weighted by Gasteiger charge is 2.32. The molecule has 0 aliphatic carbocycles. The Hall–Kier alpha value is -3.29. The zero-order valence-corrected chi connectivity index (χ0v) is 18.9. The second kappa shape index (κ2) is 9.68. The molecule has 7 heteroatoms. The minimum atomic E-state index is -0.342. The van der Waals surface area contributed by atoms with Gasteiger partial charge in [-0.05, 0) is 42.0 Å². The van der Waals surface area contributed by atoms with Crippen LogP contribution in [-0.2, 0) is 16.0 Å². The molecule has 0 spiro atoms. The Morgan fingerprint density at radius 2 is 1.73 bits per heavy atom. The van der Waals surface area contributed by atoms with E-state index in [1.54, 1.807) is 6.07 Å². The molecule has 0 radical (unpaired) electrons. The summed E-state index contributed by atoms with van der Waals surface area (Å²) in [6, 6.07) is 18.0. The molecule has 0 saturated carbocycles. The molecule has 0 N–H and O–H groups in total. The van der Waals surface area contributed by atoms with Crippen LogP contribution in [0.2, 0.25) is 0 Å². The van der Waals surface area contributed by atoms with E-state index in [1.165, 1.54) is 12.7 Å². The third-order valence-electron chi connectivity index (χ3n) is 6.21. The lowest BCUT2D eigenvalue weighted by atomic mass is 10.1. The van der Waals surface area contributed by atoms with E-state index in [0.717, 1.165) is 63.1 Å². The van der Waals surface area contributed by atoms with E-state index >= 15 is 0 Å².